The zero-order chi connectivity index (χ0) is 21.9. The molecule has 0 radical (unpaired) electrons. The van der Waals surface area contributed by atoms with Crippen LogP contribution in [0.1, 0.15) is 36.7 Å². The molecule has 0 saturated heterocycles. The highest BCUT2D eigenvalue weighted by Crippen LogP contribution is 2.26. The van der Waals surface area contributed by atoms with Gasteiger partial charge in [-0.3, -0.25) is 0 Å². The van der Waals surface area contributed by atoms with Crippen molar-refractivity contribution in [3.05, 3.63) is 89.8 Å². The SMILES string of the molecule is CCCc1nc(C(Nc2ccc3nnc(-c4ccccc4F)n3n2)c2ccccc2)no1. The van der Waals surface area contributed by atoms with Crippen LogP contribution in [0.5, 0.6) is 0 Å². The number of nitrogens with zero attached hydrogens (tertiary/aromatic N) is 6. The molecule has 3 aromatic heterocycles. The monoisotopic (exact) mass is 429 g/mol. The number of aryl methyl sites for hydroxylation is 1. The summed E-state index contributed by atoms with van der Waals surface area (Å²) in [6.07, 6.45) is 1.63. The van der Waals surface area contributed by atoms with Gasteiger partial charge < -0.3 is 9.84 Å². The summed E-state index contributed by atoms with van der Waals surface area (Å²) in [5, 5.41) is 20.4. The maximum Gasteiger partial charge on any atom is 0.226 e. The van der Waals surface area contributed by atoms with E-state index in [2.05, 4.69) is 37.7 Å². The van der Waals surface area contributed by atoms with Crippen LogP contribution in [0.2, 0.25) is 0 Å². The third-order valence-corrected chi connectivity index (χ3v) is 5.01. The Morgan fingerprint density at radius 1 is 1.00 bits per heavy atom. The highest BCUT2D eigenvalue weighted by atomic mass is 19.1. The van der Waals surface area contributed by atoms with Crippen molar-refractivity contribution in [1.82, 2.24) is 30.0 Å². The van der Waals surface area contributed by atoms with Gasteiger partial charge in [-0.2, -0.15) is 9.50 Å². The molecule has 1 atom stereocenters. The zero-order valence-electron chi connectivity index (χ0n) is 17.3. The van der Waals surface area contributed by atoms with Gasteiger partial charge in [0.25, 0.3) is 0 Å². The Labute approximate surface area is 183 Å². The van der Waals surface area contributed by atoms with Crippen molar-refractivity contribution in [3.8, 4) is 11.4 Å². The number of aromatic nitrogens is 6. The lowest BCUT2D eigenvalue weighted by Gasteiger charge is -2.16. The molecule has 0 amide bonds. The van der Waals surface area contributed by atoms with Crippen LogP contribution in [0, 0.1) is 5.82 Å². The molecule has 3 heterocycles. The number of halogens is 1. The number of hydrogen-bond donors (Lipinski definition) is 1. The predicted octanol–water partition coefficient (Wildman–Crippen LogP) is 4.47. The van der Waals surface area contributed by atoms with E-state index in [0.717, 1.165) is 12.0 Å². The predicted molar refractivity (Wildman–Crippen MR) is 116 cm³/mol. The first-order valence-corrected chi connectivity index (χ1v) is 10.3. The Kier molecular flexibility index (Phi) is 5.29. The van der Waals surface area contributed by atoms with E-state index < -0.39 is 0 Å². The lowest BCUT2D eigenvalue weighted by Crippen LogP contribution is -2.16. The standard InChI is InChI=1S/C23H20FN7O/c1-2-8-20-26-22(30-32-20)21(15-9-4-3-5-10-15)25-18-13-14-19-27-28-23(31(19)29-18)16-11-6-7-12-17(16)24/h3-7,9-14,21H,2,8H2,1H3,(H,25,29). The van der Waals surface area contributed by atoms with Crippen LogP contribution in [0.3, 0.4) is 0 Å². The average Bonchev–Trinajstić information content (AvgIpc) is 3.46. The number of fused-ring (bicyclic) bond motifs is 1. The van der Waals surface area contributed by atoms with Gasteiger partial charge in [-0.25, -0.2) is 4.39 Å². The van der Waals surface area contributed by atoms with E-state index in [-0.39, 0.29) is 11.9 Å². The summed E-state index contributed by atoms with van der Waals surface area (Å²) < 4.78 is 21.3. The first-order valence-electron chi connectivity index (χ1n) is 10.3. The second-order valence-electron chi connectivity index (χ2n) is 7.28. The minimum atomic E-state index is -0.389. The largest absolute Gasteiger partial charge is 0.355 e. The van der Waals surface area contributed by atoms with Crippen LogP contribution >= 0.6 is 0 Å². The minimum absolute atomic E-state index is 0.322. The fraction of sp³-hybridized carbons (Fsp3) is 0.174. The highest BCUT2D eigenvalue weighted by Gasteiger charge is 2.22. The normalized spacial score (nSPS) is 12.2. The molecular formula is C23H20FN7O. The third kappa shape index (κ3) is 3.80. The quantitative estimate of drug-likeness (QED) is 0.408. The fourth-order valence-corrected chi connectivity index (χ4v) is 3.47. The summed E-state index contributed by atoms with van der Waals surface area (Å²) in [5.74, 6) is 1.57. The number of anilines is 1. The van der Waals surface area contributed by atoms with Gasteiger partial charge in [0.15, 0.2) is 17.3 Å². The van der Waals surface area contributed by atoms with Crippen molar-refractivity contribution in [2.75, 3.05) is 5.32 Å². The molecule has 1 N–H and O–H groups in total. The van der Waals surface area contributed by atoms with E-state index in [1.807, 2.05) is 30.3 Å². The Balaban J connectivity index is 1.54. The molecule has 0 aliphatic heterocycles. The van der Waals surface area contributed by atoms with Crippen LogP contribution in [-0.2, 0) is 6.42 Å². The summed E-state index contributed by atoms with van der Waals surface area (Å²) in [6.45, 7) is 2.06. The van der Waals surface area contributed by atoms with Crippen LogP contribution in [-0.4, -0.2) is 30.0 Å². The molecule has 5 aromatic rings. The van der Waals surface area contributed by atoms with Gasteiger partial charge in [0, 0.05) is 6.42 Å². The maximum atomic E-state index is 14.3. The number of benzene rings is 2. The van der Waals surface area contributed by atoms with Crippen molar-refractivity contribution in [2.24, 2.45) is 0 Å². The fourth-order valence-electron chi connectivity index (χ4n) is 3.47. The summed E-state index contributed by atoms with van der Waals surface area (Å²) in [6, 6.07) is 19.4. The summed E-state index contributed by atoms with van der Waals surface area (Å²) in [4.78, 5) is 4.55. The Morgan fingerprint density at radius 3 is 2.62 bits per heavy atom. The molecule has 0 aliphatic carbocycles. The van der Waals surface area contributed by atoms with E-state index in [0.29, 0.717) is 41.0 Å². The topological polar surface area (TPSA) is 94.0 Å². The van der Waals surface area contributed by atoms with Crippen LogP contribution < -0.4 is 5.32 Å². The van der Waals surface area contributed by atoms with E-state index in [1.54, 1.807) is 30.3 Å². The first kappa shape index (κ1) is 19.8. The molecule has 1 unspecified atom stereocenters. The molecule has 8 nitrogen and oxygen atoms in total. The molecule has 0 spiro atoms. The van der Waals surface area contributed by atoms with Gasteiger partial charge in [0.2, 0.25) is 5.89 Å². The first-order chi connectivity index (χ1) is 15.7. The number of hydrogen-bond acceptors (Lipinski definition) is 7. The molecule has 0 bridgehead atoms. The van der Waals surface area contributed by atoms with Crippen molar-refractivity contribution in [1.29, 1.82) is 0 Å². The Hall–Kier alpha value is -4.14. The van der Waals surface area contributed by atoms with Gasteiger partial charge in [-0.05, 0) is 36.2 Å². The third-order valence-electron chi connectivity index (χ3n) is 5.01. The second kappa shape index (κ2) is 8.54. The van der Waals surface area contributed by atoms with Gasteiger partial charge in [0.1, 0.15) is 17.7 Å². The van der Waals surface area contributed by atoms with E-state index >= 15 is 0 Å². The summed E-state index contributed by atoms with van der Waals surface area (Å²) in [5.41, 5.74) is 1.79. The molecule has 0 aliphatic rings. The van der Waals surface area contributed by atoms with E-state index in [4.69, 9.17) is 4.52 Å². The molecule has 160 valence electrons. The molecule has 32 heavy (non-hydrogen) atoms. The number of nitrogens with one attached hydrogen (secondary N) is 1. The van der Waals surface area contributed by atoms with Gasteiger partial charge in [-0.15, -0.1) is 15.3 Å². The molecule has 0 fully saturated rings. The van der Waals surface area contributed by atoms with Crippen LogP contribution in [0.25, 0.3) is 17.0 Å². The van der Waals surface area contributed by atoms with Gasteiger partial charge in [-0.1, -0.05) is 54.5 Å². The van der Waals surface area contributed by atoms with Crippen LogP contribution in [0.15, 0.2) is 71.3 Å². The Morgan fingerprint density at radius 2 is 1.81 bits per heavy atom. The molecular weight excluding hydrogens is 409 g/mol. The molecule has 2 aromatic carbocycles. The zero-order valence-corrected chi connectivity index (χ0v) is 17.3. The lowest BCUT2D eigenvalue weighted by atomic mass is 10.1. The molecule has 5 rings (SSSR count). The maximum absolute atomic E-state index is 14.3. The van der Waals surface area contributed by atoms with Crippen molar-refractivity contribution >= 4 is 11.5 Å². The minimum Gasteiger partial charge on any atom is -0.355 e. The Bertz CT molecular complexity index is 1350. The van der Waals surface area contributed by atoms with Crippen molar-refractivity contribution in [2.45, 2.75) is 25.8 Å². The smallest absolute Gasteiger partial charge is 0.226 e. The highest BCUT2D eigenvalue weighted by molar-refractivity contribution is 5.60. The van der Waals surface area contributed by atoms with Crippen molar-refractivity contribution < 1.29 is 8.91 Å². The van der Waals surface area contributed by atoms with E-state index in [9.17, 15) is 4.39 Å². The summed E-state index contributed by atoms with van der Waals surface area (Å²) >= 11 is 0. The second-order valence-corrected chi connectivity index (χ2v) is 7.28. The van der Waals surface area contributed by atoms with Gasteiger partial charge in [0.05, 0.1) is 5.56 Å². The number of rotatable bonds is 7. The van der Waals surface area contributed by atoms with Gasteiger partial charge >= 0.3 is 0 Å². The average molecular weight is 429 g/mol. The summed E-state index contributed by atoms with van der Waals surface area (Å²) in [7, 11) is 0. The van der Waals surface area contributed by atoms with Crippen LogP contribution in [0.4, 0.5) is 10.2 Å². The van der Waals surface area contributed by atoms with E-state index in [1.165, 1.54) is 10.6 Å². The molecule has 0 saturated carbocycles. The lowest BCUT2D eigenvalue weighted by molar-refractivity contribution is 0.371. The molecule has 9 heteroatoms. The van der Waals surface area contributed by atoms with Crippen molar-refractivity contribution in [3.63, 3.8) is 0 Å².